The van der Waals surface area contributed by atoms with Crippen LogP contribution in [0.4, 0.5) is 5.95 Å². The Balaban J connectivity index is 2.25. The number of nitrogens with one attached hydrogen (secondary N) is 1. The van der Waals surface area contributed by atoms with Crippen LogP contribution in [0.3, 0.4) is 0 Å². The van der Waals surface area contributed by atoms with E-state index >= 15 is 0 Å². The monoisotopic (exact) mass is 400 g/mol. The van der Waals surface area contributed by atoms with Crippen molar-refractivity contribution < 1.29 is 9.90 Å². The van der Waals surface area contributed by atoms with Crippen molar-refractivity contribution in [2.45, 2.75) is 20.3 Å². The van der Waals surface area contributed by atoms with Crippen LogP contribution in [0.25, 0.3) is 22.6 Å². The van der Waals surface area contributed by atoms with Gasteiger partial charge in [0.05, 0.1) is 21.4 Å². The molecule has 2 aromatic heterocycles. The summed E-state index contributed by atoms with van der Waals surface area (Å²) in [4.78, 5) is 23.1. The summed E-state index contributed by atoms with van der Waals surface area (Å²) in [7, 11) is 0. The number of hydrogen-bond acceptors (Lipinski definition) is 4. The molecule has 0 spiro atoms. The van der Waals surface area contributed by atoms with Crippen LogP contribution in [-0.2, 0) is 6.42 Å². The summed E-state index contributed by atoms with van der Waals surface area (Å²) < 4.78 is 0.631. The summed E-state index contributed by atoms with van der Waals surface area (Å²) in [5.41, 5.74) is 10.5. The Morgan fingerprint density at radius 2 is 2.12 bits per heavy atom. The highest BCUT2D eigenvalue weighted by molar-refractivity contribution is 9.10. The second-order valence-electron chi connectivity index (χ2n) is 5.72. The Kier molecular flexibility index (Phi) is 4.59. The van der Waals surface area contributed by atoms with Crippen LogP contribution < -0.4 is 5.73 Å². The van der Waals surface area contributed by atoms with Crippen molar-refractivity contribution in [3.8, 4) is 22.6 Å². The molecule has 128 valence electrons. The van der Waals surface area contributed by atoms with Gasteiger partial charge in [-0.15, -0.1) is 0 Å². The van der Waals surface area contributed by atoms with Gasteiger partial charge in [0.1, 0.15) is 5.69 Å². The number of rotatable bonds is 4. The quantitative estimate of drug-likeness (QED) is 0.612. The molecule has 0 aliphatic rings. The molecule has 25 heavy (non-hydrogen) atoms. The van der Waals surface area contributed by atoms with Gasteiger partial charge in [-0.05, 0) is 47.0 Å². The number of benzene rings is 1. The van der Waals surface area contributed by atoms with Gasteiger partial charge in [-0.25, -0.2) is 14.8 Å². The van der Waals surface area contributed by atoms with E-state index in [9.17, 15) is 9.90 Å². The summed E-state index contributed by atoms with van der Waals surface area (Å²) >= 11 is 3.39. The number of aromatic carboxylic acids is 1. The number of carboxylic acid groups (broad SMARTS) is 1. The number of H-pyrrole nitrogens is 1. The van der Waals surface area contributed by atoms with Crippen LogP contribution in [0.1, 0.15) is 28.4 Å². The van der Waals surface area contributed by atoms with Crippen LogP contribution in [0.5, 0.6) is 0 Å². The molecule has 0 aliphatic carbocycles. The Morgan fingerprint density at radius 1 is 1.36 bits per heavy atom. The zero-order valence-corrected chi connectivity index (χ0v) is 15.4. The number of nitrogens with two attached hydrogens (primary N) is 1. The Hall–Kier alpha value is -2.67. The smallest absolute Gasteiger partial charge is 0.337 e. The summed E-state index contributed by atoms with van der Waals surface area (Å²) in [6.45, 7) is 4.02. The minimum absolute atomic E-state index is 0.121. The lowest BCUT2D eigenvalue weighted by Crippen LogP contribution is -1.99. The predicted molar refractivity (Wildman–Crippen MR) is 100 cm³/mol. The third-order valence-corrected chi connectivity index (χ3v) is 4.56. The van der Waals surface area contributed by atoms with E-state index in [0.717, 1.165) is 23.1 Å². The lowest BCUT2D eigenvalue weighted by molar-refractivity contribution is 0.0698. The Morgan fingerprint density at radius 3 is 2.80 bits per heavy atom. The zero-order chi connectivity index (χ0) is 18.1. The Bertz CT molecular complexity index is 966. The van der Waals surface area contributed by atoms with Crippen molar-refractivity contribution in [3.05, 3.63) is 51.6 Å². The molecule has 0 bridgehead atoms. The fourth-order valence-corrected chi connectivity index (χ4v) is 3.17. The summed E-state index contributed by atoms with van der Waals surface area (Å²) in [6, 6.07) is 7.61. The number of halogens is 1. The third kappa shape index (κ3) is 3.28. The number of aromatic nitrogens is 3. The zero-order valence-electron chi connectivity index (χ0n) is 13.8. The Labute approximate surface area is 153 Å². The van der Waals surface area contributed by atoms with Gasteiger partial charge in [-0.3, -0.25) is 0 Å². The van der Waals surface area contributed by atoms with Crippen molar-refractivity contribution >= 4 is 27.8 Å². The molecule has 0 saturated heterocycles. The molecule has 0 fully saturated rings. The van der Waals surface area contributed by atoms with Crippen molar-refractivity contribution in [1.82, 2.24) is 15.0 Å². The molecule has 0 amide bonds. The number of aryl methyl sites for hydroxylation is 2. The van der Waals surface area contributed by atoms with Crippen LogP contribution in [-0.4, -0.2) is 26.0 Å². The molecule has 1 aromatic carbocycles. The summed E-state index contributed by atoms with van der Waals surface area (Å²) in [5.74, 6) is -0.879. The average molecular weight is 401 g/mol. The highest BCUT2D eigenvalue weighted by Gasteiger charge is 2.20. The van der Waals surface area contributed by atoms with E-state index in [4.69, 9.17) is 5.73 Å². The number of carboxylic acids is 1. The van der Waals surface area contributed by atoms with Gasteiger partial charge in [0.2, 0.25) is 5.95 Å². The maximum Gasteiger partial charge on any atom is 0.337 e. The molecule has 0 saturated carbocycles. The van der Waals surface area contributed by atoms with E-state index in [1.54, 1.807) is 12.3 Å². The first-order valence-electron chi connectivity index (χ1n) is 7.75. The first-order chi connectivity index (χ1) is 11.9. The van der Waals surface area contributed by atoms with Gasteiger partial charge in [-0.1, -0.05) is 24.6 Å². The van der Waals surface area contributed by atoms with E-state index < -0.39 is 5.97 Å². The third-order valence-electron chi connectivity index (χ3n) is 3.98. The molecule has 2 heterocycles. The number of nitrogen functional groups attached to an aromatic ring is 1. The lowest BCUT2D eigenvalue weighted by Gasteiger charge is -2.09. The molecule has 3 aromatic rings. The van der Waals surface area contributed by atoms with Gasteiger partial charge in [0.15, 0.2) is 0 Å². The van der Waals surface area contributed by atoms with Crippen molar-refractivity contribution in [2.75, 3.05) is 5.73 Å². The molecule has 7 heteroatoms. The number of anilines is 1. The van der Waals surface area contributed by atoms with Crippen LogP contribution in [0, 0.1) is 6.92 Å². The minimum Gasteiger partial charge on any atom is -0.478 e. The number of nitrogens with zero attached hydrogens (tertiary/aromatic N) is 2. The lowest BCUT2D eigenvalue weighted by atomic mass is 9.98. The topological polar surface area (TPSA) is 105 Å². The standard InChI is InChI=1S/C18H17BrN4O2/c1-3-10-5-4-9(2)6-11(10)15-12(17(24)25)7-14(22-15)16-13(19)8-21-18(20)23-16/h4-8,22H,3H2,1-2H3,(H,24,25)(H2,20,21,23). The molecule has 0 atom stereocenters. The maximum absolute atomic E-state index is 11.8. The van der Waals surface area contributed by atoms with Gasteiger partial charge in [0.25, 0.3) is 0 Å². The van der Waals surface area contributed by atoms with Crippen molar-refractivity contribution in [3.63, 3.8) is 0 Å². The van der Waals surface area contributed by atoms with Crippen LogP contribution >= 0.6 is 15.9 Å². The van der Waals surface area contributed by atoms with Gasteiger partial charge in [0, 0.05) is 11.8 Å². The minimum atomic E-state index is -1.00. The molecule has 4 N–H and O–H groups in total. The summed E-state index contributed by atoms with van der Waals surface area (Å²) in [5, 5.41) is 9.65. The highest BCUT2D eigenvalue weighted by atomic mass is 79.9. The second kappa shape index (κ2) is 6.68. The fraction of sp³-hybridized carbons (Fsp3) is 0.167. The highest BCUT2D eigenvalue weighted by Crippen LogP contribution is 2.34. The van der Waals surface area contributed by atoms with E-state index in [0.29, 0.717) is 21.6 Å². The van der Waals surface area contributed by atoms with E-state index in [1.165, 1.54) is 0 Å². The number of hydrogen-bond donors (Lipinski definition) is 3. The van der Waals surface area contributed by atoms with E-state index in [2.05, 4.69) is 30.9 Å². The number of aromatic amines is 1. The largest absolute Gasteiger partial charge is 0.478 e. The average Bonchev–Trinajstić information content (AvgIpc) is 3.02. The molecular formula is C18H17BrN4O2. The first kappa shape index (κ1) is 17.2. The molecule has 0 unspecified atom stereocenters. The normalized spacial score (nSPS) is 10.8. The molecule has 0 aliphatic heterocycles. The molecular weight excluding hydrogens is 384 g/mol. The number of carbonyl (C=O) groups is 1. The first-order valence-corrected chi connectivity index (χ1v) is 8.54. The van der Waals surface area contributed by atoms with E-state index in [-0.39, 0.29) is 11.5 Å². The van der Waals surface area contributed by atoms with Gasteiger partial charge >= 0.3 is 5.97 Å². The fourth-order valence-electron chi connectivity index (χ4n) is 2.76. The van der Waals surface area contributed by atoms with Crippen LogP contribution in [0.15, 0.2) is 34.9 Å². The molecule has 3 rings (SSSR count). The second-order valence-corrected chi connectivity index (χ2v) is 6.57. The van der Waals surface area contributed by atoms with E-state index in [1.807, 2.05) is 32.0 Å². The predicted octanol–water partition coefficient (Wildman–Crippen LogP) is 4.05. The maximum atomic E-state index is 11.8. The SMILES string of the molecule is CCc1ccc(C)cc1-c1[nH]c(-c2nc(N)ncc2Br)cc1C(=O)O. The van der Waals surface area contributed by atoms with Crippen molar-refractivity contribution in [1.29, 1.82) is 0 Å². The summed E-state index contributed by atoms with van der Waals surface area (Å²) in [6.07, 6.45) is 2.34. The van der Waals surface area contributed by atoms with Gasteiger partial charge < -0.3 is 15.8 Å². The van der Waals surface area contributed by atoms with Gasteiger partial charge in [-0.2, -0.15) is 0 Å². The van der Waals surface area contributed by atoms with Crippen LogP contribution in [0.2, 0.25) is 0 Å². The molecule has 0 radical (unpaired) electrons. The molecule has 6 nitrogen and oxygen atoms in total. The van der Waals surface area contributed by atoms with Crippen molar-refractivity contribution in [2.24, 2.45) is 0 Å².